The molecule has 6 heteroatoms. The quantitative estimate of drug-likeness (QED) is 0.890. The topological polar surface area (TPSA) is 60.6 Å². The van der Waals surface area contributed by atoms with Gasteiger partial charge < -0.3 is 5.32 Å². The lowest BCUT2D eigenvalue weighted by Gasteiger charge is -2.23. The molecule has 0 spiro atoms. The Morgan fingerprint density at radius 2 is 2.35 bits per heavy atom. The lowest BCUT2D eigenvalue weighted by molar-refractivity contribution is 0.351. The first kappa shape index (κ1) is 13.3. The van der Waals surface area contributed by atoms with Crippen molar-refractivity contribution >= 4 is 0 Å². The molecule has 0 amide bonds. The second-order valence-electron chi connectivity index (χ2n) is 5.68. The summed E-state index contributed by atoms with van der Waals surface area (Å²) >= 11 is 0. The van der Waals surface area contributed by atoms with E-state index in [2.05, 4.69) is 39.0 Å². The predicted octanol–water partition coefficient (Wildman–Crippen LogP) is 1.20. The van der Waals surface area contributed by atoms with Crippen LogP contribution in [0.1, 0.15) is 37.8 Å². The van der Waals surface area contributed by atoms with Crippen LogP contribution < -0.4 is 5.32 Å². The highest BCUT2D eigenvalue weighted by Crippen LogP contribution is 2.16. The summed E-state index contributed by atoms with van der Waals surface area (Å²) in [6.45, 7) is 7.05. The summed E-state index contributed by atoms with van der Waals surface area (Å²) in [4.78, 5) is 4.62. The second-order valence-corrected chi connectivity index (χ2v) is 5.68. The van der Waals surface area contributed by atoms with Gasteiger partial charge in [0.15, 0.2) is 5.82 Å². The van der Waals surface area contributed by atoms with Crippen LogP contribution in [0.25, 0.3) is 0 Å². The Labute approximate surface area is 119 Å². The van der Waals surface area contributed by atoms with Crippen molar-refractivity contribution in [3.05, 3.63) is 30.1 Å². The zero-order valence-electron chi connectivity index (χ0n) is 12.2. The van der Waals surface area contributed by atoms with Gasteiger partial charge in [-0.25, -0.2) is 9.67 Å². The van der Waals surface area contributed by atoms with Crippen LogP contribution in [0, 0.1) is 0 Å². The van der Waals surface area contributed by atoms with Crippen LogP contribution >= 0.6 is 0 Å². The van der Waals surface area contributed by atoms with Crippen LogP contribution in [-0.2, 0) is 19.5 Å². The maximum absolute atomic E-state index is 4.62. The molecule has 0 saturated carbocycles. The van der Waals surface area contributed by atoms with Crippen LogP contribution in [-0.4, -0.2) is 37.1 Å². The van der Waals surface area contributed by atoms with Crippen LogP contribution in [0.5, 0.6) is 0 Å². The van der Waals surface area contributed by atoms with Gasteiger partial charge in [0, 0.05) is 37.3 Å². The van der Waals surface area contributed by atoms with Gasteiger partial charge in [0.05, 0.1) is 13.1 Å². The van der Waals surface area contributed by atoms with E-state index in [4.69, 9.17) is 0 Å². The van der Waals surface area contributed by atoms with E-state index in [0.717, 1.165) is 44.1 Å². The van der Waals surface area contributed by atoms with Crippen LogP contribution in [0.15, 0.2) is 18.5 Å². The molecular weight excluding hydrogens is 252 g/mol. The molecule has 0 radical (unpaired) electrons. The number of aryl methyl sites for hydroxylation is 1. The number of aromatic nitrogens is 5. The third-order valence-corrected chi connectivity index (χ3v) is 3.72. The summed E-state index contributed by atoms with van der Waals surface area (Å²) in [6.07, 6.45) is 5.96. The smallest absolute Gasteiger partial charge is 0.153 e. The first-order valence-corrected chi connectivity index (χ1v) is 7.37. The second kappa shape index (κ2) is 5.75. The molecule has 0 fully saturated rings. The van der Waals surface area contributed by atoms with Crippen molar-refractivity contribution in [1.29, 1.82) is 0 Å². The summed E-state index contributed by atoms with van der Waals surface area (Å²) in [5, 5.41) is 12.4. The van der Waals surface area contributed by atoms with Gasteiger partial charge in [-0.05, 0) is 12.5 Å². The number of rotatable bonds is 5. The van der Waals surface area contributed by atoms with E-state index in [-0.39, 0.29) is 0 Å². The van der Waals surface area contributed by atoms with E-state index >= 15 is 0 Å². The minimum atomic E-state index is 0.402. The Hall–Kier alpha value is -1.69. The number of hydrogen-bond donors (Lipinski definition) is 1. The summed E-state index contributed by atoms with van der Waals surface area (Å²) in [5.41, 5.74) is 0. The molecule has 1 aliphatic heterocycles. The molecule has 1 unspecified atom stereocenters. The summed E-state index contributed by atoms with van der Waals surface area (Å²) in [7, 11) is 0. The largest absolute Gasteiger partial charge is 0.310 e. The first-order chi connectivity index (χ1) is 9.72. The molecule has 1 atom stereocenters. The summed E-state index contributed by atoms with van der Waals surface area (Å²) in [5.74, 6) is 2.51. The molecule has 108 valence electrons. The molecule has 2 aromatic heterocycles. The highest BCUT2D eigenvalue weighted by atomic mass is 15.4. The third-order valence-electron chi connectivity index (χ3n) is 3.72. The Morgan fingerprint density at radius 3 is 3.10 bits per heavy atom. The fourth-order valence-corrected chi connectivity index (χ4v) is 2.56. The van der Waals surface area contributed by atoms with Crippen LogP contribution in [0.3, 0.4) is 0 Å². The van der Waals surface area contributed by atoms with Gasteiger partial charge >= 0.3 is 0 Å². The zero-order chi connectivity index (χ0) is 13.9. The Kier molecular flexibility index (Phi) is 3.82. The van der Waals surface area contributed by atoms with Gasteiger partial charge in [-0.2, -0.15) is 10.2 Å². The highest BCUT2D eigenvalue weighted by Gasteiger charge is 2.21. The van der Waals surface area contributed by atoms with Crippen molar-refractivity contribution in [3.63, 3.8) is 0 Å². The lowest BCUT2D eigenvalue weighted by atomic mass is 10.1. The summed E-state index contributed by atoms with van der Waals surface area (Å²) in [6, 6.07) is 2.44. The van der Waals surface area contributed by atoms with Crippen molar-refractivity contribution < 1.29 is 0 Å². The summed E-state index contributed by atoms with van der Waals surface area (Å²) < 4.78 is 4.03. The molecule has 0 aromatic carbocycles. The lowest BCUT2D eigenvalue weighted by Crippen LogP contribution is -2.39. The van der Waals surface area contributed by atoms with E-state index in [1.54, 1.807) is 0 Å². The molecule has 1 aliphatic rings. The molecule has 0 bridgehead atoms. The van der Waals surface area contributed by atoms with Crippen LogP contribution in [0.4, 0.5) is 0 Å². The van der Waals surface area contributed by atoms with Crippen molar-refractivity contribution in [3.8, 4) is 0 Å². The normalized spacial score (nSPS) is 18.4. The average Bonchev–Trinajstić information content (AvgIpc) is 3.06. The predicted molar refractivity (Wildman–Crippen MR) is 76.4 cm³/mol. The Balaban J connectivity index is 1.53. The van der Waals surface area contributed by atoms with Gasteiger partial charge in [-0.1, -0.05) is 13.8 Å². The standard InChI is InChI=1S/C14H22N6/c1-11(2)14-17-13-5-4-12(10-20(13)18-14)15-7-9-19-8-3-6-16-19/h3,6,8,11-12,15H,4-5,7,9-10H2,1-2H3. The molecule has 2 aromatic rings. The van der Waals surface area contributed by atoms with Crippen LogP contribution in [0.2, 0.25) is 0 Å². The fraction of sp³-hybridized carbons (Fsp3) is 0.643. The number of hydrogen-bond acceptors (Lipinski definition) is 4. The minimum Gasteiger partial charge on any atom is -0.310 e. The fourth-order valence-electron chi connectivity index (χ4n) is 2.56. The first-order valence-electron chi connectivity index (χ1n) is 7.37. The molecule has 1 N–H and O–H groups in total. The van der Waals surface area contributed by atoms with Gasteiger partial charge in [0.25, 0.3) is 0 Å². The molecule has 20 heavy (non-hydrogen) atoms. The molecule has 6 nitrogen and oxygen atoms in total. The van der Waals surface area contributed by atoms with E-state index in [1.165, 1.54) is 0 Å². The Morgan fingerprint density at radius 1 is 1.45 bits per heavy atom. The average molecular weight is 274 g/mol. The van der Waals surface area contributed by atoms with Crippen molar-refractivity contribution in [2.75, 3.05) is 6.54 Å². The maximum atomic E-state index is 4.62. The third kappa shape index (κ3) is 2.90. The van der Waals surface area contributed by atoms with Crippen molar-refractivity contribution in [2.45, 2.75) is 51.7 Å². The zero-order valence-corrected chi connectivity index (χ0v) is 12.2. The number of fused-ring (bicyclic) bond motifs is 1. The monoisotopic (exact) mass is 274 g/mol. The highest BCUT2D eigenvalue weighted by molar-refractivity contribution is 5.01. The van der Waals surface area contributed by atoms with Gasteiger partial charge in [0.1, 0.15) is 5.82 Å². The van der Waals surface area contributed by atoms with Crippen molar-refractivity contribution in [1.82, 2.24) is 29.9 Å². The maximum Gasteiger partial charge on any atom is 0.153 e. The van der Waals surface area contributed by atoms with E-state index in [0.29, 0.717) is 12.0 Å². The minimum absolute atomic E-state index is 0.402. The molecule has 0 saturated heterocycles. The van der Waals surface area contributed by atoms with Gasteiger partial charge in [-0.15, -0.1) is 0 Å². The van der Waals surface area contributed by atoms with Gasteiger partial charge in [0.2, 0.25) is 0 Å². The molecular formula is C14H22N6. The van der Waals surface area contributed by atoms with E-state index < -0.39 is 0 Å². The van der Waals surface area contributed by atoms with E-state index in [9.17, 15) is 0 Å². The molecule has 0 aliphatic carbocycles. The Bertz CT molecular complexity index is 542. The van der Waals surface area contributed by atoms with Crippen molar-refractivity contribution in [2.24, 2.45) is 0 Å². The number of nitrogens with one attached hydrogen (secondary N) is 1. The number of nitrogens with zero attached hydrogens (tertiary/aromatic N) is 5. The van der Waals surface area contributed by atoms with E-state index in [1.807, 2.05) is 23.1 Å². The molecule has 3 rings (SSSR count). The van der Waals surface area contributed by atoms with Gasteiger partial charge in [-0.3, -0.25) is 4.68 Å². The molecule has 3 heterocycles. The SMILES string of the molecule is CC(C)c1nc2n(n1)CC(NCCn1cccn1)CC2.